The number of ether oxygens (including phenoxy) is 2. The van der Waals surface area contributed by atoms with Crippen LogP contribution in [-0.4, -0.2) is 42.8 Å². The predicted octanol–water partition coefficient (Wildman–Crippen LogP) is 7.80. The van der Waals surface area contributed by atoms with Crippen molar-refractivity contribution >= 4 is 12.1 Å². The van der Waals surface area contributed by atoms with Crippen molar-refractivity contribution in [2.75, 3.05) is 19.8 Å². The van der Waals surface area contributed by atoms with Crippen LogP contribution in [0.3, 0.4) is 0 Å². The average molecular weight is 454 g/mol. The fourth-order valence-electron chi connectivity index (χ4n) is 4.35. The van der Waals surface area contributed by atoms with E-state index in [4.69, 9.17) is 9.47 Å². The summed E-state index contributed by atoms with van der Waals surface area (Å²) >= 11 is 0. The van der Waals surface area contributed by atoms with E-state index < -0.39 is 6.04 Å². The Hall–Kier alpha value is -1.26. The first-order chi connectivity index (χ1) is 15.7. The van der Waals surface area contributed by atoms with Crippen molar-refractivity contribution in [1.82, 2.24) is 4.90 Å². The van der Waals surface area contributed by atoms with Gasteiger partial charge in [-0.3, -0.25) is 4.90 Å². The second-order valence-electron chi connectivity index (χ2n) is 9.44. The zero-order chi connectivity index (χ0) is 23.3. The van der Waals surface area contributed by atoms with Crippen molar-refractivity contribution in [2.45, 2.75) is 142 Å². The Morgan fingerprint density at radius 2 is 1.16 bits per heavy atom. The van der Waals surface area contributed by atoms with Crippen LogP contribution in [0.2, 0.25) is 0 Å². The second-order valence-corrected chi connectivity index (χ2v) is 9.44. The maximum absolute atomic E-state index is 12.5. The summed E-state index contributed by atoms with van der Waals surface area (Å²) in [5.41, 5.74) is 0. The van der Waals surface area contributed by atoms with Gasteiger partial charge in [0.1, 0.15) is 6.04 Å². The van der Waals surface area contributed by atoms with E-state index in [0.29, 0.717) is 26.2 Å². The zero-order valence-corrected chi connectivity index (χ0v) is 21.2. The highest BCUT2D eigenvalue weighted by Gasteiger charge is 2.34. The van der Waals surface area contributed by atoms with Gasteiger partial charge in [-0.1, -0.05) is 104 Å². The number of rotatable bonds is 19. The number of nitrogens with zero attached hydrogens (tertiary/aromatic N) is 1. The van der Waals surface area contributed by atoms with Crippen molar-refractivity contribution in [3.8, 4) is 0 Å². The second kappa shape index (κ2) is 20.4. The summed E-state index contributed by atoms with van der Waals surface area (Å²) < 4.78 is 10.8. The van der Waals surface area contributed by atoms with Crippen LogP contribution in [0, 0.1) is 0 Å². The molecule has 1 amide bonds. The van der Waals surface area contributed by atoms with Crippen molar-refractivity contribution in [3.63, 3.8) is 0 Å². The summed E-state index contributed by atoms with van der Waals surface area (Å²) in [6.45, 7) is 5.81. The summed E-state index contributed by atoms with van der Waals surface area (Å²) in [4.78, 5) is 26.4. The number of hydrogen-bond acceptors (Lipinski definition) is 4. The molecular weight excluding hydrogens is 402 g/mol. The highest BCUT2D eigenvalue weighted by Crippen LogP contribution is 2.20. The molecule has 188 valence electrons. The van der Waals surface area contributed by atoms with Crippen LogP contribution >= 0.6 is 0 Å². The van der Waals surface area contributed by atoms with E-state index in [2.05, 4.69) is 13.8 Å². The molecule has 0 radical (unpaired) electrons. The Bertz CT molecular complexity index is 469. The van der Waals surface area contributed by atoms with E-state index >= 15 is 0 Å². The van der Waals surface area contributed by atoms with Crippen molar-refractivity contribution < 1.29 is 19.1 Å². The largest absolute Gasteiger partial charge is 0.464 e. The number of amides is 1. The maximum Gasteiger partial charge on any atom is 0.410 e. The molecule has 0 aromatic carbocycles. The molecule has 0 aromatic heterocycles. The number of carbonyl (C=O) groups excluding carboxylic acids is 2. The molecule has 5 nitrogen and oxygen atoms in total. The Balaban J connectivity index is 2.00. The molecule has 1 atom stereocenters. The first kappa shape index (κ1) is 28.8. The molecule has 1 heterocycles. The first-order valence-corrected chi connectivity index (χ1v) is 13.8. The van der Waals surface area contributed by atoms with Crippen LogP contribution in [-0.2, 0) is 14.3 Å². The van der Waals surface area contributed by atoms with E-state index in [1.807, 2.05) is 0 Å². The highest BCUT2D eigenvalue weighted by atomic mass is 16.6. The monoisotopic (exact) mass is 453 g/mol. The maximum atomic E-state index is 12.5. The number of esters is 1. The molecule has 1 unspecified atom stereocenters. The van der Waals surface area contributed by atoms with Crippen LogP contribution in [0.1, 0.15) is 136 Å². The molecule has 0 spiro atoms. The normalized spacial score (nSPS) is 16.2. The molecule has 1 fully saturated rings. The van der Waals surface area contributed by atoms with E-state index in [0.717, 1.165) is 38.5 Å². The number of piperidine rings is 1. The van der Waals surface area contributed by atoms with E-state index in [1.165, 1.54) is 77.0 Å². The third-order valence-corrected chi connectivity index (χ3v) is 6.48. The topological polar surface area (TPSA) is 55.8 Å². The molecular formula is C27H51NO4. The SMILES string of the molecule is CCCCCCCCCCCCCCCCOC(=O)C1CCCCN1C(=O)OCCCC. The molecule has 0 N–H and O–H groups in total. The Morgan fingerprint density at radius 3 is 1.72 bits per heavy atom. The predicted molar refractivity (Wildman–Crippen MR) is 132 cm³/mol. The first-order valence-electron chi connectivity index (χ1n) is 13.8. The summed E-state index contributed by atoms with van der Waals surface area (Å²) in [7, 11) is 0. The van der Waals surface area contributed by atoms with Gasteiger partial charge >= 0.3 is 12.1 Å². The summed E-state index contributed by atoms with van der Waals surface area (Å²) in [6, 6.07) is -0.468. The van der Waals surface area contributed by atoms with Gasteiger partial charge in [-0.15, -0.1) is 0 Å². The molecule has 32 heavy (non-hydrogen) atoms. The molecule has 5 heteroatoms. The third-order valence-electron chi connectivity index (χ3n) is 6.48. The minimum atomic E-state index is -0.468. The van der Waals surface area contributed by atoms with Gasteiger partial charge < -0.3 is 9.47 Å². The fourth-order valence-corrected chi connectivity index (χ4v) is 4.35. The minimum Gasteiger partial charge on any atom is -0.464 e. The lowest BCUT2D eigenvalue weighted by atomic mass is 10.0. The van der Waals surface area contributed by atoms with Gasteiger partial charge in [-0.05, 0) is 32.1 Å². The highest BCUT2D eigenvalue weighted by molar-refractivity contribution is 5.81. The lowest BCUT2D eigenvalue weighted by Gasteiger charge is -2.33. The Morgan fingerprint density at radius 1 is 0.656 bits per heavy atom. The standard InChI is InChI=1S/C27H51NO4/c1-3-5-7-8-9-10-11-12-13-14-15-16-17-20-24-31-26(29)25-21-18-19-22-28(25)27(30)32-23-6-4-2/h25H,3-24H2,1-2H3. The summed E-state index contributed by atoms with van der Waals surface area (Å²) in [5, 5.41) is 0. The molecule has 0 aromatic rings. The van der Waals surface area contributed by atoms with Gasteiger partial charge in [0, 0.05) is 6.54 Å². The quantitative estimate of drug-likeness (QED) is 0.148. The van der Waals surface area contributed by atoms with Crippen LogP contribution in [0.25, 0.3) is 0 Å². The Kier molecular flexibility index (Phi) is 18.3. The van der Waals surface area contributed by atoms with Gasteiger partial charge in [0.2, 0.25) is 0 Å². The zero-order valence-electron chi connectivity index (χ0n) is 21.2. The summed E-state index contributed by atoms with van der Waals surface area (Å²) in [6.07, 6.45) is 22.4. The Labute approximate surface area is 198 Å². The van der Waals surface area contributed by atoms with Gasteiger partial charge in [-0.25, -0.2) is 9.59 Å². The van der Waals surface area contributed by atoms with Crippen molar-refractivity contribution in [2.24, 2.45) is 0 Å². The minimum absolute atomic E-state index is 0.258. The lowest BCUT2D eigenvalue weighted by Crippen LogP contribution is -2.49. The molecule has 0 aliphatic carbocycles. The van der Waals surface area contributed by atoms with E-state index in [9.17, 15) is 9.59 Å². The molecule has 1 aliphatic heterocycles. The average Bonchev–Trinajstić information content (AvgIpc) is 2.81. The molecule has 0 bridgehead atoms. The van der Waals surface area contributed by atoms with Gasteiger partial charge in [-0.2, -0.15) is 0 Å². The number of unbranched alkanes of at least 4 members (excludes halogenated alkanes) is 14. The van der Waals surface area contributed by atoms with Crippen LogP contribution in [0.15, 0.2) is 0 Å². The molecule has 1 aliphatic rings. The number of likely N-dealkylation sites (tertiary alicyclic amines) is 1. The van der Waals surface area contributed by atoms with E-state index in [1.54, 1.807) is 4.90 Å². The smallest absolute Gasteiger partial charge is 0.410 e. The number of hydrogen-bond donors (Lipinski definition) is 0. The van der Waals surface area contributed by atoms with Crippen molar-refractivity contribution in [3.05, 3.63) is 0 Å². The number of carbonyl (C=O) groups is 2. The molecule has 0 saturated carbocycles. The van der Waals surface area contributed by atoms with Gasteiger partial charge in [0.15, 0.2) is 0 Å². The third kappa shape index (κ3) is 14.0. The van der Waals surface area contributed by atoms with Gasteiger partial charge in [0.25, 0.3) is 0 Å². The summed E-state index contributed by atoms with van der Waals surface area (Å²) in [5.74, 6) is -0.258. The van der Waals surface area contributed by atoms with Crippen LogP contribution < -0.4 is 0 Å². The lowest BCUT2D eigenvalue weighted by molar-refractivity contribution is -0.150. The van der Waals surface area contributed by atoms with Gasteiger partial charge in [0.05, 0.1) is 13.2 Å². The van der Waals surface area contributed by atoms with Crippen LogP contribution in [0.4, 0.5) is 4.79 Å². The van der Waals surface area contributed by atoms with Crippen molar-refractivity contribution in [1.29, 1.82) is 0 Å². The van der Waals surface area contributed by atoms with Crippen LogP contribution in [0.5, 0.6) is 0 Å². The fraction of sp³-hybridized carbons (Fsp3) is 0.926. The molecule has 1 saturated heterocycles. The molecule has 1 rings (SSSR count). The van der Waals surface area contributed by atoms with E-state index in [-0.39, 0.29) is 12.1 Å².